The smallest absolute Gasteiger partial charge is 0.185 e. The Hall–Kier alpha value is -0.620. The molecule has 0 heterocycles. The van der Waals surface area contributed by atoms with Crippen LogP contribution < -0.4 is 21.5 Å². The van der Waals surface area contributed by atoms with Gasteiger partial charge < -0.3 is 10.6 Å². The Morgan fingerprint density at radius 2 is 1.85 bits per heavy atom. The molecule has 1 saturated carbocycles. The molecule has 0 amide bonds. The molecule has 0 atom stereocenters. The third-order valence-corrected chi connectivity index (χ3v) is 2.01. The molecule has 4 N–H and O–H groups in total. The van der Waals surface area contributed by atoms with Gasteiger partial charge in [-0.1, -0.05) is 0 Å². The van der Waals surface area contributed by atoms with E-state index in [1.807, 2.05) is 6.92 Å². The molecule has 1 aliphatic rings. The van der Waals surface area contributed by atoms with Crippen molar-refractivity contribution in [1.29, 1.82) is 0 Å². The number of hydrazine groups is 1. The van der Waals surface area contributed by atoms with E-state index >= 15 is 0 Å². The second-order valence-electron chi connectivity index (χ2n) is 2.86. The van der Waals surface area contributed by atoms with Gasteiger partial charge in [-0.3, -0.25) is 10.9 Å². The van der Waals surface area contributed by atoms with Crippen molar-refractivity contribution in [3.8, 4) is 0 Å². The lowest BCUT2D eigenvalue weighted by molar-refractivity contribution is 0.779. The van der Waals surface area contributed by atoms with Gasteiger partial charge in [-0.05, 0) is 44.2 Å². The molecule has 0 aromatic carbocycles. The van der Waals surface area contributed by atoms with Crippen molar-refractivity contribution in [2.75, 3.05) is 6.54 Å². The van der Waals surface area contributed by atoms with E-state index in [2.05, 4.69) is 21.5 Å². The van der Waals surface area contributed by atoms with Crippen LogP contribution in [0.3, 0.4) is 0 Å². The van der Waals surface area contributed by atoms with Crippen LogP contribution in [-0.4, -0.2) is 22.8 Å². The zero-order valence-corrected chi connectivity index (χ0v) is 9.15. The van der Waals surface area contributed by atoms with Gasteiger partial charge in [-0.2, -0.15) is 0 Å². The van der Waals surface area contributed by atoms with Crippen LogP contribution in [0.5, 0.6) is 0 Å². The summed E-state index contributed by atoms with van der Waals surface area (Å²) in [6, 6.07) is 0.564. The molecule has 6 heteroatoms. The topological polar surface area (TPSA) is 48.1 Å². The molecule has 0 saturated heterocycles. The predicted octanol–water partition coefficient (Wildman–Crippen LogP) is 0.0119. The Kier molecular flexibility index (Phi) is 4.17. The summed E-state index contributed by atoms with van der Waals surface area (Å²) in [5, 5.41) is 7.22. The van der Waals surface area contributed by atoms with Crippen molar-refractivity contribution in [3.63, 3.8) is 0 Å². The number of hydrogen-bond acceptors (Lipinski definition) is 2. The Bertz CT molecular complexity index is 203. The quantitative estimate of drug-likeness (QED) is 0.387. The van der Waals surface area contributed by atoms with E-state index in [1.54, 1.807) is 0 Å². The molecule has 74 valence electrons. The first-order valence-electron chi connectivity index (χ1n) is 4.32. The molecule has 0 aliphatic heterocycles. The van der Waals surface area contributed by atoms with Crippen LogP contribution in [0.25, 0.3) is 0 Å². The van der Waals surface area contributed by atoms with Gasteiger partial charge in [0.15, 0.2) is 10.2 Å². The van der Waals surface area contributed by atoms with Crippen LogP contribution in [0.4, 0.5) is 0 Å². The third kappa shape index (κ3) is 4.84. The first-order valence-corrected chi connectivity index (χ1v) is 5.14. The van der Waals surface area contributed by atoms with Gasteiger partial charge in [0.25, 0.3) is 0 Å². The molecule has 0 bridgehead atoms. The summed E-state index contributed by atoms with van der Waals surface area (Å²) < 4.78 is 0. The Balaban J connectivity index is 2.02. The molecule has 13 heavy (non-hydrogen) atoms. The molecule has 4 nitrogen and oxygen atoms in total. The van der Waals surface area contributed by atoms with Crippen molar-refractivity contribution >= 4 is 34.7 Å². The van der Waals surface area contributed by atoms with Crippen LogP contribution in [0.2, 0.25) is 0 Å². The lowest BCUT2D eigenvalue weighted by Crippen LogP contribution is -2.50. The first kappa shape index (κ1) is 10.5. The molecule has 0 radical (unpaired) electrons. The van der Waals surface area contributed by atoms with Crippen molar-refractivity contribution in [3.05, 3.63) is 0 Å². The van der Waals surface area contributed by atoms with Crippen LogP contribution in [-0.2, 0) is 0 Å². The van der Waals surface area contributed by atoms with E-state index in [4.69, 9.17) is 24.4 Å². The summed E-state index contributed by atoms with van der Waals surface area (Å²) in [4.78, 5) is 0. The van der Waals surface area contributed by atoms with Gasteiger partial charge >= 0.3 is 0 Å². The van der Waals surface area contributed by atoms with Crippen LogP contribution in [0.1, 0.15) is 19.8 Å². The second kappa shape index (κ2) is 5.18. The highest BCUT2D eigenvalue weighted by molar-refractivity contribution is 7.80. The summed E-state index contributed by atoms with van der Waals surface area (Å²) in [5.74, 6) is 0. The van der Waals surface area contributed by atoms with Crippen LogP contribution in [0, 0.1) is 0 Å². The van der Waals surface area contributed by atoms with E-state index in [0.717, 1.165) is 6.54 Å². The third-order valence-electron chi connectivity index (χ3n) is 1.54. The van der Waals surface area contributed by atoms with Gasteiger partial charge in [-0.25, -0.2) is 0 Å². The van der Waals surface area contributed by atoms with Crippen LogP contribution >= 0.6 is 24.4 Å². The number of rotatable bonds is 2. The normalized spacial score (nSPS) is 14.5. The number of nitrogens with one attached hydrogen (secondary N) is 4. The monoisotopic (exact) mass is 218 g/mol. The average Bonchev–Trinajstić information content (AvgIpc) is 2.85. The van der Waals surface area contributed by atoms with E-state index in [0.29, 0.717) is 16.3 Å². The van der Waals surface area contributed by atoms with Crippen molar-refractivity contribution in [1.82, 2.24) is 21.5 Å². The fourth-order valence-corrected chi connectivity index (χ4v) is 1.18. The Morgan fingerprint density at radius 3 is 2.38 bits per heavy atom. The minimum absolute atomic E-state index is 0.558. The zero-order valence-electron chi connectivity index (χ0n) is 7.52. The summed E-state index contributed by atoms with van der Waals surface area (Å²) in [7, 11) is 0. The van der Waals surface area contributed by atoms with E-state index in [1.165, 1.54) is 12.8 Å². The Labute approximate surface area is 88.8 Å². The van der Waals surface area contributed by atoms with Gasteiger partial charge in [0, 0.05) is 12.6 Å². The van der Waals surface area contributed by atoms with Gasteiger partial charge in [0.1, 0.15) is 0 Å². The molecule has 0 spiro atoms. The maximum Gasteiger partial charge on any atom is 0.185 e. The summed E-state index contributed by atoms with van der Waals surface area (Å²) in [6.45, 7) is 2.78. The van der Waals surface area contributed by atoms with E-state index in [9.17, 15) is 0 Å². The maximum atomic E-state index is 5.00. The highest BCUT2D eigenvalue weighted by Gasteiger charge is 2.21. The average molecular weight is 218 g/mol. The van der Waals surface area contributed by atoms with Crippen molar-refractivity contribution < 1.29 is 0 Å². The zero-order chi connectivity index (χ0) is 9.68. The first-order chi connectivity index (χ1) is 6.22. The number of hydrogen-bond donors (Lipinski definition) is 4. The molecule has 1 aliphatic carbocycles. The largest absolute Gasteiger partial charge is 0.362 e. The SMILES string of the molecule is CCNC(=S)NNC(=S)NC1CC1. The molecular formula is C7H14N4S2. The molecule has 1 rings (SSSR count). The lowest BCUT2D eigenvalue weighted by Gasteiger charge is -2.12. The fraction of sp³-hybridized carbons (Fsp3) is 0.714. The van der Waals surface area contributed by atoms with E-state index < -0.39 is 0 Å². The predicted molar refractivity (Wildman–Crippen MR) is 61.3 cm³/mol. The second-order valence-corrected chi connectivity index (χ2v) is 3.67. The van der Waals surface area contributed by atoms with Crippen LogP contribution in [0.15, 0.2) is 0 Å². The molecular weight excluding hydrogens is 204 g/mol. The summed E-state index contributed by atoms with van der Waals surface area (Å²) >= 11 is 9.93. The summed E-state index contributed by atoms with van der Waals surface area (Å²) in [6.07, 6.45) is 2.42. The summed E-state index contributed by atoms with van der Waals surface area (Å²) in [5.41, 5.74) is 5.59. The lowest BCUT2D eigenvalue weighted by atomic mass is 10.7. The fourth-order valence-electron chi connectivity index (χ4n) is 0.767. The maximum absolute atomic E-state index is 5.00. The highest BCUT2D eigenvalue weighted by atomic mass is 32.1. The minimum atomic E-state index is 0.558. The molecule has 0 aromatic heterocycles. The standard InChI is InChI=1S/C7H14N4S2/c1-2-8-6(12)10-11-7(13)9-5-3-4-5/h5H,2-4H2,1H3,(H2,8,10,12)(H2,9,11,13). The highest BCUT2D eigenvalue weighted by Crippen LogP contribution is 2.17. The minimum Gasteiger partial charge on any atom is -0.362 e. The molecule has 1 fully saturated rings. The molecule has 0 aromatic rings. The molecule has 0 unspecified atom stereocenters. The number of thiocarbonyl (C=S) groups is 2. The van der Waals surface area contributed by atoms with E-state index in [-0.39, 0.29) is 0 Å². The van der Waals surface area contributed by atoms with Crippen molar-refractivity contribution in [2.45, 2.75) is 25.8 Å². The van der Waals surface area contributed by atoms with Crippen molar-refractivity contribution in [2.24, 2.45) is 0 Å². The Morgan fingerprint density at radius 1 is 1.23 bits per heavy atom. The van der Waals surface area contributed by atoms with Gasteiger partial charge in [-0.15, -0.1) is 0 Å². The van der Waals surface area contributed by atoms with Gasteiger partial charge in [0.2, 0.25) is 0 Å². The van der Waals surface area contributed by atoms with Gasteiger partial charge in [0.05, 0.1) is 0 Å².